The lowest BCUT2D eigenvalue weighted by Crippen LogP contribution is -2.29. The van der Waals surface area contributed by atoms with Gasteiger partial charge in [0.15, 0.2) is 10.1 Å². The van der Waals surface area contributed by atoms with Crippen molar-refractivity contribution in [2.45, 2.75) is 62.6 Å². The molecule has 0 bridgehead atoms. The third kappa shape index (κ3) is 6.52. The highest BCUT2D eigenvalue weighted by atomic mass is 32.2. The number of aliphatic hydroxyl groups excluding tert-OH is 1. The van der Waals surface area contributed by atoms with Crippen LogP contribution in [-0.2, 0) is 15.3 Å². The van der Waals surface area contributed by atoms with Gasteiger partial charge in [0.1, 0.15) is 22.9 Å². The van der Waals surface area contributed by atoms with Crippen LogP contribution in [0.5, 0.6) is 5.75 Å². The third-order valence-corrected chi connectivity index (χ3v) is 10.2. The number of hydrogen-bond acceptors (Lipinski definition) is 9. The molecule has 3 aromatic heterocycles. The molecule has 6 rings (SSSR count). The number of amides is 1. The highest BCUT2D eigenvalue weighted by molar-refractivity contribution is 8.00. The van der Waals surface area contributed by atoms with Crippen LogP contribution in [0.2, 0.25) is 0 Å². The number of anilines is 1. The first-order valence-electron chi connectivity index (χ1n) is 15.5. The van der Waals surface area contributed by atoms with Crippen molar-refractivity contribution < 1.29 is 23.8 Å². The van der Waals surface area contributed by atoms with E-state index in [1.807, 2.05) is 29.7 Å². The summed E-state index contributed by atoms with van der Waals surface area (Å²) in [6.45, 7) is 6.46. The summed E-state index contributed by atoms with van der Waals surface area (Å²) >= 11 is 2.40. The van der Waals surface area contributed by atoms with E-state index in [4.69, 9.17) is 4.74 Å². The first kappa shape index (κ1) is 32.4. The maximum absolute atomic E-state index is 14.2. The van der Waals surface area contributed by atoms with Gasteiger partial charge in [-0.25, -0.2) is 9.37 Å². The maximum atomic E-state index is 14.2. The Balaban J connectivity index is 1.37. The van der Waals surface area contributed by atoms with Gasteiger partial charge >= 0.3 is 5.91 Å². The van der Waals surface area contributed by atoms with Gasteiger partial charge in [-0.05, 0) is 61.2 Å². The zero-order valence-corrected chi connectivity index (χ0v) is 27.9. The second-order valence-electron chi connectivity index (χ2n) is 11.3. The smallest absolute Gasteiger partial charge is 0.301 e. The number of unbranched alkanes of at least 4 members (excludes halogenated alkanes) is 3. The number of hydrogen-bond donors (Lipinski definition) is 1. The summed E-state index contributed by atoms with van der Waals surface area (Å²) < 4.78 is 22.5. The largest absolute Gasteiger partial charge is 0.505 e. The van der Waals surface area contributed by atoms with Gasteiger partial charge < -0.3 is 14.2 Å². The van der Waals surface area contributed by atoms with E-state index in [0.717, 1.165) is 42.6 Å². The van der Waals surface area contributed by atoms with Crippen LogP contribution in [0, 0.1) is 19.7 Å². The summed E-state index contributed by atoms with van der Waals surface area (Å²) in [5.41, 5.74) is 3.37. The zero-order chi connectivity index (χ0) is 33.1. The molecule has 1 atom stereocenters. The number of pyridine rings is 1. The van der Waals surface area contributed by atoms with Crippen molar-refractivity contribution in [1.29, 1.82) is 0 Å². The Morgan fingerprint density at radius 2 is 1.81 bits per heavy atom. The van der Waals surface area contributed by atoms with Gasteiger partial charge in [0.05, 0.1) is 23.9 Å². The highest BCUT2D eigenvalue weighted by Gasteiger charge is 2.49. The van der Waals surface area contributed by atoms with E-state index in [0.29, 0.717) is 44.9 Å². The van der Waals surface area contributed by atoms with Gasteiger partial charge in [-0.15, -0.1) is 10.2 Å². The number of fused-ring (bicyclic) bond motifs is 1. The average Bonchev–Trinajstić information content (AvgIpc) is 3.75. The molecule has 1 fully saturated rings. The lowest BCUT2D eigenvalue weighted by molar-refractivity contribution is -0.132. The number of aromatic nitrogens is 4. The second kappa shape index (κ2) is 14.1. The molecule has 242 valence electrons. The van der Waals surface area contributed by atoms with Crippen molar-refractivity contribution in [2.75, 3.05) is 11.5 Å². The number of thioether (sulfide) groups is 1. The number of rotatable bonds is 12. The number of imidazole rings is 1. The van der Waals surface area contributed by atoms with Crippen LogP contribution in [0.1, 0.15) is 66.7 Å². The van der Waals surface area contributed by atoms with Gasteiger partial charge in [-0.1, -0.05) is 85.7 Å². The Labute approximate surface area is 280 Å². The summed E-state index contributed by atoms with van der Waals surface area (Å²) in [5, 5.41) is 20.5. The van der Waals surface area contributed by atoms with E-state index in [2.05, 4.69) is 22.1 Å². The number of halogens is 1. The van der Waals surface area contributed by atoms with E-state index in [1.54, 1.807) is 49.4 Å². The molecule has 1 aliphatic rings. The summed E-state index contributed by atoms with van der Waals surface area (Å²) in [7, 11) is 0. The van der Waals surface area contributed by atoms with E-state index < -0.39 is 17.7 Å². The summed E-state index contributed by atoms with van der Waals surface area (Å²) in [5.74, 6) is -1.40. The molecule has 47 heavy (non-hydrogen) atoms. The summed E-state index contributed by atoms with van der Waals surface area (Å²) in [4.78, 5) is 33.5. The van der Waals surface area contributed by atoms with Crippen molar-refractivity contribution in [3.05, 3.63) is 106 Å². The standard InChI is InChI=1S/C35H34FN5O4S2/c1-4-5-6-9-19-45-25-16-14-23(15-17-25)29-27(30(42)28-22(3)40-18-10-11-21(2)32(40)37-28)31(43)33(44)41(29)34-38-39-35(47-34)46-20-24-12-7-8-13-26(24)36/h7-8,10-18,29,42H,4-6,9,19-20H2,1-3H3/b30-27+. The molecule has 5 aromatic rings. The fourth-order valence-corrected chi connectivity index (χ4v) is 7.45. The van der Waals surface area contributed by atoms with Crippen LogP contribution >= 0.6 is 23.1 Å². The number of benzene rings is 2. The minimum Gasteiger partial charge on any atom is -0.505 e. The summed E-state index contributed by atoms with van der Waals surface area (Å²) in [6, 6.07) is 16.4. The predicted molar refractivity (Wildman–Crippen MR) is 181 cm³/mol. The molecule has 12 heteroatoms. The first-order chi connectivity index (χ1) is 22.8. The number of nitrogens with zero attached hydrogens (tertiary/aromatic N) is 5. The topological polar surface area (TPSA) is 110 Å². The van der Waals surface area contributed by atoms with Crippen LogP contribution in [0.4, 0.5) is 9.52 Å². The van der Waals surface area contributed by atoms with Crippen molar-refractivity contribution >= 4 is 51.3 Å². The highest BCUT2D eigenvalue weighted by Crippen LogP contribution is 2.44. The molecule has 1 N–H and O–H groups in total. The minimum absolute atomic E-state index is 0.0943. The van der Waals surface area contributed by atoms with Crippen molar-refractivity contribution in [3.8, 4) is 5.75 Å². The number of ether oxygens (including phenoxy) is 1. The Kier molecular flexibility index (Phi) is 9.69. The number of aliphatic hydroxyl groups is 1. The average molecular weight is 672 g/mol. The first-order valence-corrected chi connectivity index (χ1v) is 17.3. The molecule has 0 radical (unpaired) electrons. The van der Waals surface area contributed by atoms with E-state index in [-0.39, 0.29) is 28.0 Å². The fourth-order valence-electron chi connectivity index (χ4n) is 5.60. The van der Waals surface area contributed by atoms with Crippen LogP contribution < -0.4 is 9.64 Å². The molecule has 1 unspecified atom stereocenters. The van der Waals surface area contributed by atoms with E-state index >= 15 is 0 Å². The molecule has 0 aliphatic carbocycles. The van der Waals surface area contributed by atoms with Crippen LogP contribution in [0.25, 0.3) is 11.4 Å². The quantitative estimate of drug-likeness (QED) is 0.0357. The fraction of sp³-hybridized carbons (Fsp3) is 0.286. The van der Waals surface area contributed by atoms with Gasteiger partial charge in [0.25, 0.3) is 5.78 Å². The lowest BCUT2D eigenvalue weighted by atomic mass is 9.96. The van der Waals surface area contributed by atoms with E-state index in [9.17, 15) is 19.1 Å². The van der Waals surface area contributed by atoms with Gasteiger partial charge in [0, 0.05) is 11.9 Å². The van der Waals surface area contributed by atoms with Crippen molar-refractivity contribution in [1.82, 2.24) is 19.6 Å². The Bertz CT molecular complexity index is 1970. The molecule has 0 saturated carbocycles. The predicted octanol–water partition coefficient (Wildman–Crippen LogP) is 7.82. The molecular formula is C35H34FN5O4S2. The van der Waals surface area contributed by atoms with Crippen molar-refractivity contribution in [3.63, 3.8) is 0 Å². The van der Waals surface area contributed by atoms with Crippen molar-refractivity contribution in [2.24, 2.45) is 0 Å². The number of carbonyl (C=O) groups excluding carboxylic acids is 2. The molecule has 2 aromatic carbocycles. The maximum Gasteiger partial charge on any atom is 0.301 e. The van der Waals surface area contributed by atoms with Gasteiger partial charge in [-0.2, -0.15) is 0 Å². The zero-order valence-electron chi connectivity index (χ0n) is 26.3. The van der Waals surface area contributed by atoms with Gasteiger partial charge in [-0.3, -0.25) is 14.5 Å². The molecule has 1 saturated heterocycles. The summed E-state index contributed by atoms with van der Waals surface area (Å²) in [6.07, 6.45) is 6.16. The molecular weight excluding hydrogens is 638 g/mol. The normalized spacial score (nSPS) is 16.0. The molecule has 1 aliphatic heterocycles. The number of ketones is 1. The Morgan fingerprint density at radius 1 is 1.02 bits per heavy atom. The van der Waals surface area contributed by atoms with Gasteiger partial charge in [0.2, 0.25) is 5.13 Å². The molecule has 1 amide bonds. The monoisotopic (exact) mass is 671 g/mol. The lowest BCUT2D eigenvalue weighted by Gasteiger charge is -2.22. The molecule has 9 nitrogen and oxygen atoms in total. The Hall–Kier alpha value is -4.55. The van der Waals surface area contributed by atoms with Crippen LogP contribution in [0.15, 0.2) is 76.8 Å². The van der Waals surface area contributed by atoms with Crippen LogP contribution in [0.3, 0.4) is 0 Å². The second-order valence-corrected chi connectivity index (χ2v) is 13.5. The molecule has 0 spiro atoms. The minimum atomic E-state index is -1.00. The Morgan fingerprint density at radius 3 is 2.55 bits per heavy atom. The number of Topliss-reactive ketones (excluding diaryl/α,β-unsaturated/α-hetero) is 1. The SMILES string of the molecule is CCCCCCOc1ccc(C2/C(=C(\O)c3nc4c(C)cccn4c3C)C(=O)C(=O)N2c2nnc(SCc3ccccc3F)s2)cc1. The number of carbonyl (C=O) groups is 2. The number of aryl methyl sites for hydroxylation is 2. The van der Waals surface area contributed by atoms with E-state index in [1.165, 1.54) is 22.7 Å². The third-order valence-electron chi connectivity index (χ3n) is 8.13. The van der Waals surface area contributed by atoms with Crippen LogP contribution in [-0.4, -0.2) is 43.0 Å². The molecule has 4 heterocycles.